The summed E-state index contributed by atoms with van der Waals surface area (Å²) in [4.78, 5) is 23.6. The molecular formula is C14H15N3O. The molecule has 1 aliphatic rings. The first kappa shape index (κ1) is 11.1. The van der Waals surface area contributed by atoms with E-state index in [2.05, 4.69) is 15.0 Å². The van der Waals surface area contributed by atoms with Crippen molar-refractivity contribution in [3.8, 4) is 11.3 Å². The number of nitrogens with zero attached hydrogens (tertiary/aromatic N) is 2. The Hall–Kier alpha value is -1.97. The maximum absolute atomic E-state index is 11.9. The summed E-state index contributed by atoms with van der Waals surface area (Å²) >= 11 is 0. The smallest absolute Gasteiger partial charge is 0.254 e. The van der Waals surface area contributed by atoms with Gasteiger partial charge in [0, 0.05) is 28.9 Å². The van der Waals surface area contributed by atoms with Crippen LogP contribution in [0.2, 0.25) is 0 Å². The predicted molar refractivity (Wildman–Crippen MR) is 69.5 cm³/mol. The zero-order valence-electron chi connectivity index (χ0n) is 10.5. The molecule has 0 aromatic carbocycles. The molecule has 1 saturated carbocycles. The molecule has 0 amide bonds. The summed E-state index contributed by atoms with van der Waals surface area (Å²) in [5.41, 5.74) is 3.32. The Balaban J connectivity index is 2.18. The maximum atomic E-state index is 11.9. The van der Waals surface area contributed by atoms with Crippen LogP contribution in [0.3, 0.4) is 0 Å². The van der Waals surface area contributed by atoms with Gasteiger partial charge in [0.2, 0.25) is 0 Å². The first-order chi connectivity index (χ1) is 8.65. The van der Waals surface area contributed by atoms with Crippen LogP contribution in [0.15, 0.2) is 23.1 Å². The third-order valence-corrected chi connectivity index (χ3v) is 3.30. The van der Waals surface area contributed by atoms with Crippen molar-refractivity contribution >= 4 is 0 Å². The molecule has 1 fully saturated rings. The maximum Gasteiger partial charge on any atom is 0.254 e. The van der Waals surface area contributed by atoms with Gasteiger partial charge >= 0.3 is 0 Å². The van der Waals surface area contributed by atoms with Gasteiger partial charge in [-0.25, -0.2) is 4.98 Å². The molecule has 0 saturated heterocycles. The second kappa shape index (κ2) is 4.05. The number of aryl methyl sites for hydroxylation is 1. The van der Waals surface area contributed by atoms with E-state index in [0.29, 0.717) is 11.5 Å². The van der Waals surface area contributed by atoms with Crippen LogP contribution in [0.4, 0.5) is 0 Å². The number of H-pyrrole nitrogens is 1. The number of hydrogen-bond acceptors (Lipinski definition) is 3. The van der Waals surface area contributed by atoms with Crippen LogP contribution >= 0.6 is 0 Å². The molecule has 0 radical (unpaired) electrons. The molecule has 4 nitrogen and oxygen atoms in total. The van der Waals surface area contributed by atoms with E-state index in [1.807, 2.05) is 26.0 Å². The van der Waals surface area contributed by atoms with E-state index in [1.54, 1.807) is 6.20 Å². The lowest BCUT2D eigenvalue weighted by Gasteiger charge is -2.07. The van der Waals surface area contributed by atoms with Gasteiger partial charge in [-0.05, 0) is 38.8 Å². The number of nitrogens with one attached hydrogen (secondary N) is 1. The average molecular weight is 241 g/mol. The van der Waals surface area contributed by atoms with Crippen molar-refractivity contribution in [1.29, 1.82) is 0 Å². The monoisotopic (exact) mass is 241 g/mol. The molecule has 2 aromatic rings. The minimum absolute atomic E-state index is 0.0311. The van der Waals surface area contributed by atoms with Gasteiger partial charge in [0.05, 0.1) is 5.69 Å². The highest BCUT2D eigenvalue weighted by atomic mass is 16.1. The van der Waals surface area contributed by atoms with Gasteiger partial charge < -0.3 is 4.98 Å². The van der Waals surface area contributed by atoms with Gasteiger partial charge in [-0.3, -0.25) is 9.78 Å². The summed E-state index contributed by atoms with van der Waals surface area (Å²) in [5, 5.41) is 0. The van der Waals surface area contributed by atoms with Crippen molar-refractivity contribution in [2.75, 3.05) is 0 Å². The van der Waals surface area contributed by atoms with Gasteiger partial charge in [0.15, 0.2) is 0 Å². The van der Waals surface area contributed by atoms with E-state index >= 15 is 0 Å². The Labute approximate surface area is 105 Å². The normalized spacial score (nSPS) is 14.8. The number of rotatable bonds is 2. The summed E-state index contributed by atoms with van der Waals surface area (Å²) in [6.07, 6.45) is 4.01. The Morgan fingerprint density at radius 2 is 2.11 bits per heavy atom. The van der Waals surface area contributed by atoms with E-state index in [9.17, 15) is 4.79 Å². The molecule has 92 valence electrons. The minimum atomic E-state index is -0.0311. The number of aromatic nitrogens is 3. The fraction of sp³-hybridized carbons (Fsp3) is 0.357. The van der Waals surface area contributed by atoms with Crippen molar-refractivity contribution in [2.45, 2.75) is 32.6 Å². The van der Waals surface area contributed by atoms with Crippen LogP contribution in [-0.2, 0) is 0 Å². The average Bonchev–Trinajstić information content (AvgIpc) is 3.16. The molecule has 0 aliphatic heterocycles. The fourth-order valence-electron chi connectivity index (χ4n) is 2.07. The zero-order valence-corrected chi connectivity index (χ0v) is 10.5. The Bertz CT molecular complexity index is 656. The van der Waals surface area contributed by atoms with E-state index in [4.69, 9.17) is 0 Å². The topological polar surface area (TPSA) is 58.6 Å². The Kier molecular flexibility index (Phi) is 2.51. The summed E-state index contributed by atoms with van der Waals surface area (Å²) in [6, 6.07) is 3.86. The Morgan fingerprint density at radius 1 is 1.33 bits per heavy atom. The van der Waals surface area contributed by atoms with Gasteiger partial charge in [-0.1, -0.05) is 0 Å². The van der Waals surface area contributed by atoms with Crippen molar-refractivity contribution in [2.24, 2.45) is 0 Å². The first-order valence-corrected chi connectivity index (χ1v) is 6.19. The molecule has 0 spiro atoms. The van der Waals surface area contributed by atoms with Crippen molar-refractivity contribution in [3.05, 3.63) is 45.8 Å². The molecule has 1 N–H and O–H groups in total. The van der Waals surface area contributed by atoms with E-state index in [-0.39, 0.29) is 5.56 Å². The van der Waals surface area contributed by atoms with E-state index < -0.39 is 0 Å². The lowest BCUT2D eigenvalue weighted by molar-refractivity contribution is 0.900. The summed E-state index contributed by atoms with van der Waals surface area (Å²) in [7, 11) is 0. The molecule has 1 aliphatic carbocycles. The largest absolute Gasteiger partial charge is 0.310 e. The van der Waals surface area contributed by atoms with Gasteiger partial charge in [0.1, 0.15) is 5.82 Å². The molecule has 2 aromatic heterocycles. The number of aromatic amines is 1. The van der Waals surface area contributed by atoms with Gasteiger partial charge in [0.25, 0.3) is 5.56 Å². The molecule has 3 rings (SSSR count). The van der Waals surface area contributed by atoms with Crippen LogP contribution in [0.5, 0.6) is 0 Å². The summed E-state index contributed by atoms with van der Waals surface area (Å²) in [5.74, 6) is 1.27. The summed E-state index contributed by atoms with van der Waals surface area (Å²) in [6.45, 7) is 3.75. The lowest BCUT2D eigenvalue weighted by atomic mass is 10.1. The molecule has 0 unspecified atom stereocenters. The second-order valence-corrected chi connectivity index (χ2v) is 4.88. The summed E-state index contributed by atoms with van der Waals surface area (Å²) < 4.78 is 0. The number of pyridine rings is 1. The molecule has 4 heteroatoms. The predicted octanol–water partition coefficient (Wildman–Crippen LogP) is 2.33. The van der Waals surface area contributed by atoms with Crippen LogP contribution in [0, 0.1) is 13.8 Å². The van der Waals surface area contributed by atoms with E-state index in [1.165, 1.54) is 0 Å². The third kappa shape index (κ3) is 1.94. The standard InChI is InChI=1S/C14H15N3O/c1-8-7-11(5-6-15-8)12-9(2)14(18)17-13(16-12)10-3-4-10/h5-7,10H,3-4H2,1-2H3,(H,16,17,18). The van der Waals surface area contributed by atoms with Crippen LogP contribution in [0.1, 0.15) is 35.8 Å². The lowest BCUT2D eigenvalue weighted by Crippen LogP contribution is -2.15. The van der Waals surface area contributed by atoms with Gasteiger partial charge in [-0.15, -0.1) is 0 Å². The van der Waals surface area contributed by atoms with Crippen LogP contribution in [-0.4, -0.2) is 15.0 Å². The second-order valence-electron chi connectivity index (χ2n) is 4.88. The van der Waals surface area contributed by atoms with Crippen molar-refractivity contribution < 1.29 is 0 Å². The highest BCUT2D eigenvalue weighted by molar-refractivity contribution is 5.62. The molecule has 0 bridgehead atoms. The molecular weight excluding hydrogens is 226 g/mol. The van der Waals surface area contributed by atoms with Crippen LogP contribution < -0.4 is 5.56 Å². The SMILES string of the molecule is Cc1cc(-c2nc(C3CC3)[nH]c(=O)c2C)ccn1. The number of hydrogen-bond donors (Lipinski definition) is 1. The van der Waals surface area contributed by atoms with Crippen molar-refractivity contribution in [1.82, 2.24) is 15.0 Å². The van der Waals surface area contributed by atoms with Crippen LogP contribution in [0.25, 0.3) is 11.3 Å². The molecule has 18 heavy (non-hydrogen) atoms. The quantitative estimate of drug-likeness (QED) is 0.877. The van der Waals surface area contributed by atoms with Crippen molar-refractivity contribution in [3.63, 3.8) is 0 Å². The minimum Gasteiger partial charge on any atom is -0.310 e. The zero-order chi connectivity index (χ0) is 12.7. The van der Waals surface area contributed by atoms with E-state index in [0.717, 1.165) is 35.6 Å². The first-order valence-electron chi connectivity index (χ1n) is 6.19. The Morgan fingerprint density at radius 3 is 2.78 bits per heavy atom. The molecule has 0 atom stereocenters. The fourth-order valence-corrected chi connectivity index (χ4v) is 2.07. The highest BCUT2D eigenvalue weighted by Gasteiger charge is 2.27. The van der Waals surface area contributed by atoms with Gasteiger partial charge in [-0.2, -0.15) is 0 Å². The molecule has 2 heterocycles. The highest BCUT2D eigenvalue weighted by Crippen LogP contribution is 2.38. The third-order valence-electron chi connectivity index (χ3n) is 3.30.